The van der Waals surface area contributed by atoms with E-state index < -0.39 is 5.97 Å². The van der Waals surface area contributed by atoms with Crippen LogP contribution in [0.1, 0.15) is 49.4 Å². The van der Waals surface area contributed by atoms with Crippen molar-refractivity contribution < 1.29 is 14.3 Å². The lowest BCUT2D eigenvalue weighted by molar-refractivity contribution is -0.138. The predicted molar refractivity (Wildman–Crippen MR) is 94.7 cm³/mol. The van der Waals surface area contributed by atoms with Crippen molar-refractivity contribution in [3.8, 4) is 6.07 Å². The molecule has 1 aliphatic rings. The molecule has 0 spiro atoms. The number of carbonyl (C=O) groups excluding carboxylic acids is 2. The molecular formula is C19H23N3O3. The second-order valence-electron chi connectivity index (χ2n) is 5.92. The Balaban J connectivity index is 1.93. The lowest BCUT2D eigenvalue weighted by atomic mass is 9.95. The summed E-state index contributed by atoms with van der Waals surface area (Å²) in [5.74, 6) is -0.737. The number of esters is 1. The van der Waals surface area contributed by atoms with Crippen molar-refractivity contribution >= 4 is 17.6 Å². The van der Waals surface area contributed by atoms with Crippen LogP contribution in [0.3, 0.4) is 0 Å². The average molecular weight is 341 g/mol. The van der Waals surface area contributed by atoms with E-state index in [1.165, 1.54) is 25.5 Å². The van der Waals surface area contributed by atoms with E-state index in [0.29, 0.717) is 11.3 Å². The molecule has 2 N–H and O–H groups in total. The summed E-state index contributed by atoms with van der Waals surface area (Å²) in [7, 11) is 0. The molecule has 0 bridgehead atoms. The second kappa shape index (κ2) is 9.48. The molecule has 0 aromatic heterocycles. The van der Waals surface area contributed by atoms with E-state index in [2.05, 4.69) is 10.6 Å². The fourth-order valence-corrected chi connectivity index (χ4v) is 2.73. The highest BCUT2D eigenvalue weighted by Crippen LogP contribution is 2.18. The number of hydrogen-bond acceptors (Lipinski definition) is 5. The molecule has 1 aromatic rings. The van der Waals surface area contributed by atoms with Crippen LogP contribution in [0.15, 0.2) is 36.0 Å². The van der Waals surface area contributed by atoms with Crippen molar-refractivity contribution in [1.29, 1.82) is 5.26 Å². The Labute approximate surface area is 147 Å². The van der Waals surface area contributed by atoms with Gasteiger partial charge in [0, 0.05) is 23.5 Å². The molecule has 0 heterocycles. The van der Waals surface area contributed by atoms with Gasteiger partial charge in [-0.05, 0) is 44.0 Å². The summed E-state index contributed by atoms with van der Waals surface area (Å²) >= 11 is 0. The highest BCUT2D eigenvalue weighted by molar-refractivity contribution is 5.95. The van der Waals surface area contributed by atoms with Gasteiger partial charge in [0.15, 0.2) is 5.57 Å². The quantitative estimate of drug-likeness (QED) is 0.471. The Kier molecular flexibility index (Phi) is 7.02. The summed E-state index contributed by atoms with van der Waals surface area (Å²) in [6, 6.07) is 8.94. The number of hydrogen-bond donors (Lipinski definition) is 2. The number of nitrogens with one attached hydrogen (secondary N) is 2. The molecule has 1 amide bonds. The van der Waals surface area contributed by atoms with Crippen molar-refractivity contribution in [1.82, 2.24) is 5.32 Å². The summed E-state index contributed by atoms with van der Waals surface area (Å²) in [4.78, 5) is 23.8. The van der Waals surface area contributed by atoms with Crippen LogP contribution in [-0.2, 0) is 9.53 Å². The van der Waals surface area contributed by atoms with Gasteiger partial charge < -0.3 is 15.4 Å². The predicted octanol–water partition coefficient (Wildman–Crippen LogP) is 3.13. The molecule has 0 aliphatic heterocycles. The first kappa shape index (κ1) is 18.5. The lowest BCUT2D eigenvalue weighted by Crippen LogP contribution is -2.36. The molecule has 0 radical (unpaired) electrons. The fraction of sp³-hybridized carbons (Fsp3) is 0.421. The van der Waals surface area contributed by atoms with Crippen LogP contribution in [0.2, 0.25) is 0 Å². The van der Waals surface area contributed by atoms with Gasteiger partial charge in [0.2, 0.25) is 0 Å². The van der Waals surface area contributed by atoms with Gasteiger partial charge in [0.25, 0.3) is 5.91 Å². The highest BCUT2D eigenvalue weighted by atomic mass is 16.5. The first-order chi connectivity index (χ1) is 12.1. The highest BCUT2D eigenvalue weighted by Gasteiger charge is 2.16. The van der Waals surface area contributed by atoms with Crippen LogP contribution in [-0.4, -0.2) is 24.5 Å². The van der Waals surface area contributed by atoms with Gasteiger partial charge in [-0.3, -0.25) is 4.79 Å². The normalized spacial score (nSPS) is 15.1. The Hall–Kier alpha value is -2.81. The Morgan fingerprint density at radius 2 is 1.92 bits per heavy atom. The molecule has 1 aliphatic carbocycles. The number of benzene rings is 1. The van der Waals surface area contributed by atoms with Crippen LogP contribution in [0, 0.1) is 11.3 Å². The average Bonchev–Trinajstić information content (AvgIpc) is 2.64. The molecule has 0 unspecified atom stereocenters. The maximum atomic E-state index is 12.3. The largest absolute Gasteiger partial charge is 0.462 e. The van der Waals surface area contributed by atoms with Crippen molar-refractivity contribution in [3.63, 3.8) is 0 Å². The minimum absolute atomic E-state index is 0.0711. The molecule has 1 fully saturated rings. The van der Waals surface area contributed by atoms with Crippen molar-refractivity contribution in [2.45, 2.75) is 45.1 Å². The minimum Gasteiger partial charge on any atom is -0.462 e. The molecule has 25 heavy (non-hydrogen) atoms. The van der Waals surface area contributed by atoms with E-state index in [1.807, 2.05) is 0 Å². The first-order valence-corrected chi connectivity index (χ1v) is 8.59. The monoisotopic (exact) mass is 341 g/mol. The molecule has 2 rings (SSSR count). The van der Waals surface area contributed by atoms with Gasteiger partial charge in [-0.15, -0.1) is 0 Å². The van der Waals surface area contributed by atoms with E-state index in [-0.39, 0.29) is 24.1 Å². The number of anilines is 1. The zero-order chi connectivity index (χ0) is 18.1. The third-order valence-electron chi connectivity index (χ3n) is 4.09. The third kappa shape index (κ3) is 5.64. The van der Waals surface area contributed by atoms with Crippen LogP contribution < -0.4 is 10.6 Å². The van der Waals surface area contributed by atoms with E-state index in [4.69, 9.17) is 10.00 Å². The van der Waals surface area contributed by atoms with Crippen LogP contribution in [0.25, 0.3) is 0 Å². The Bertz CT molecular complexity index is 668. The lowest BCUT2D eigenvalue weighted by Gasteiger charge is -2.22. The van der Waals surface area contributed by atoms with E-state index in [9.17, 15) is 9.59 Å². The molecule has 132 valence electrons. The standard InChI is InChI=1S/C19H23N3O3/c1-2-25-19(24)15(12-20)13-21-16-10-8-14(9-11-16)18(23)22-17-6-4-3-5-7-17/h8-11,13,17,21H,2-7H2,1H3,(H,22,23)/b15-13+. The van der Waals surface area contributed by atoms with E-state index in [1.54, 1.807) is 37.3 Å². The molecule has 1 aromatic carbocycles. The third-order valence-corrected chi connectivity index (χ3v) is 4.09. The number of rotatable bonds is 6. The smallest absolute Gasteiger partial charge is 0.350 e. The summed E-state index contributed by atoms with van der Waals surface area (Å²) in [6.07, 6.45) is 6.97. The second-order valence-corrected chi connectivity index (χ2v) is 5.92. The number of amides is 1. The number of ether oxygens (including phenoxy) is 1. The maximum absolute atomic E-state index is 12.3. The van der Waals surface area contributed by atoms with Crippen molar-refractivity contribution in [2.75, 3.05) is 11.9 Å². The molecule has 6 heteroatoms. The van der Waals surface area contributed by atoms with Crippen LogP contribution in [0.5, 0.6) is 0 Å². The molecule has 0 atom stereocenters. The van der Waals surface area contributed by atoms with E-state index in [0.717, 1.165) is 12.8 Å². The summed E-state index contributed by atoms with van der Waals surface area (Å²) in [5.41, 5.74) is 1.15. The number of carbonyl (C=O) groups is 2. The molecule has 0 saturated heterocycles. The summed E-state index contributed by atoms with van der Waals surface area (Å²) < 4.78 is 4.78. The topological polar surface area (TPSA) is 91.2 Å². The number of nitriles is 1. The van der Waals surface area contributed by atoms with Gasteiger partial charge >= 0.3 is 5.97 Å². The van der Waals surface area contributed by atoms with Gasteiger partial charge in [0.05, 0.1) is 6.61 Å². The Morgan fingerprint density at radius 3 is 2.52 bits per heavy atom. The zero-order valence-electron chi connectivity index (χ0n) is 14.4. The van der Waals surface area contributed by atoms with E-state index >= 15 is 0 Å². The van der Waals surface area contributed by atoms with Crippen LogP contribution in [0.4, 0.5) is 5.69 Å². The first-order valence-electron chi connectivity index (χ1n) is 8.59. The van der Waals surface area contributed by atoms with Gasteiger partial charge in [-0.25, -0.2) is 4.79 Å². The van der Waals surface area contributed by atoms with Crippen molar-refractivity contribution in [3.05, 3.63) is 41.6 Å². The SMILES string of the molecule is CCOC(=O)/C(C#N)=C/Nc1ccc(C(=O)NC2CCCCC2)cc1. The van der Waals surface area contributed by atoms with Crippen molar-refractivity contribution in [2.24, 2.45) is 0 Å². The number of nitrogens with zero attached hydrogens (tertiary/aromatic N) is 1. The molecule has 6 nitrogen and oxygen atoms in total. The van der Waals surface area contributed by atoms with Gasteiger partial charge in [-0.2, -0.15) is 5.26 Å². The summed E-state index contributed by atoms with van der Waals surface area (Å²) in [5, 5.41) is 14.9. The summed E-state index contributed by atoms with van der Waals surface area (Å²) in [6.45, 7) is 1.89. The van der Waals surface area contributed by atoms with Crippen LogP contribution >= 0.6 is 0 Å². The minimum atomic E-state index is -0.666. The van der Waals surface area contributed by atoms with Gasteiger partial charge in [0.1, 0.15) is 6.07 Å². The van der Waals surface area contributed by atoms with Gasteiger partial charge in [-0.1, -0.05) is 19.3 Å². The molecular weight excluding hydrogens is 318 g/mol. The zero-order valence-corrected chi connectivity index (χ0v) is 14.4. The fourth-order valence-electron chi connectivity index (χ4n) is 2.73. The maximum Gasteiger partial charge on any atom is 0.350 e. The Morgan fingerprint density at radius 1 is 1.24 bits per heavy atom. The molecule has 1 saturated carbocycles.